The van der Waals surface area contributed by atoms with Crippen LogP contribution in [0.2, 0.25) is 0 Å². The van der Waals surface area contributed by atoms with Crippen LogP contribution in [0.5, 0.6) is 11.5 Å². The Balaban J connectivity index is 1.66. The Labute approximate surface area is 176 Å². The van der Waals surface area contributed by atoms with Crippen molar-refractivity contribution in [3.8, 4) is 11.5 Å². The van der Waals surface area contributed by atoms with Gasteiger partial charge >= 0.3 is 0 Å². The maximum Gasteiger partial charge on any atom is 0.248 e. The van der Waals surface area contributed by atoms with Gasteiger partial charge in [0.1, 0.15) is 17.5 Å². The molecule has 0 radical (unpaired) electrons. The number of ether oxygens (including phenoxy) is 2. The van der Waals surface area contributed by atoms with Crippen LogP contribution in [0.25, 0.3) is 5.70 Å². The maximum absolute atomic E-state index is 6.55. The van der Waals surface area contributed by atoms with E-state index in [1.165, 1.54) is 0 Å². The van der Waals surface area contributed by atoms with Crippen LogP contribution in [-0.4, -0.2) is 27.3 Å². The van der Waals surface area contributed by atoms with Crippen molar-refractivity contribution in [1.29, 1.82) is 0 Å². The average molecular weight is 415 g/mol. The first kappa shape index (κ1) is 17.2. The summed E-state index contributed by atoms with van der Waals surface area (Å²) >= 11 is 1.65. The Bertz CT molecular complexity index is 1260. The summed E-state index contributed by atoms with van der Waals surface area (Å²) in [5.41, 5.74) is 5.10. The fourth-order valence-corrected chi connectivity index (χ4v) is 4.90. The van der Waals surface area contributed by atoms with Crippen molar-refractivity contribution in [3.63, 3.8) is 0 Å². The normalized spacial score (nSPS) is 19.2. The molecule has 8 heteroatoms. The van der Waals surface area contributed by atoms with Gasteiger partial charge in [-0.2, -0.15) is 16.0 Å². The van der Waals surface area contributed by atoms with Crippen LogP contribution in [-0.2, 0) is 0 Å². The number of nitrogens with zero attached hydrogens (tertiary/aromatic N) is 4. The lowest BCUT2D eigenvalue weighted by atomic mass is 9.85. The van der Waals surface area contributed by atoms with E-state index in [9.17, 15) is 0 Å². The number of fused-ring (bicyclic) bond motifs is 3. The van der Waals surface area contributed by atoms with Gasteiger partial charge in [0.05, 0.1) is 12.8 Å². The third-order valence-corrected chi connectivity index (χ3v) is 6.22. The SMILES string of the molecule is COc1ccccc1[C@H]1C2=C(Nc3nnnn31)c1ccccc1O[C@H]2c1ccsc1. The summed E-state index contributed by atoms with van der Waals surface area (Å²) in [7, 11) is 1.68. The Hall–Kier alpha value is -3.65. The predicted molar refractivity (Wildman–Crippen MR) is 114 cm³/mol. The van der Waals surface area contributed by atoms with Crippen molar-refractivity contribution in [2.75, 3.05) is 12.4 Å². The van der Waals surface area contributed by atoms with Gasteiger partial charge in [0, 0.05) is 22.3 Å². The summed E-state index contributed by atoms with van der Waals surface area (Å²) in [5, 5.41) is 20.1. The van der Waals surface area contributed by atoms with Gasteiger partial charge in [-0.05, 0) is 45.5 Å². The summed E-state index contributed by atoms with van der Waals surface area (Å²) in [4.78, 5) is 0. The molecule has 30 heavy (non-hydrogen) atoms. The number of thiophene rings is 1. The van der Waals surface area contributed by atoms with E-state index in [0.717, 1.165) is 39.5 Å². The first-order valence-corrected chi connectivity index (χ1v) is 10.5. The average Bonchev–Trinajstić information content (AvgIpc) is 3.49. The standard InChI is InChI=1S/C22H17N5O2S/c1-28-16-8-4-3-7-15(16)20-18-19(23-22-24-25-26-27(20)22)14-6-2-5-9-17(14)29-21(18)13-10-11-30-12-13/h2-12,20-21H,1H3,(H,23,24,26)/t20-,21-/m0/s1. The summed E-state index contributed by atoms with van der Waals surface area (Å²) in [5.74, 6) is 2.20. The Morgan fingerprint density at radius 1 is 1.10 bits per heavy atom. The lowest BCUT2D eigenvalue weighted by molar-refractivity contribution is 0.222. The van der Waals surface area contributed by atoms with E-state index in [-0.39, 0.29) is 12.1 Å². The fraction of sp³-hybridized carbons (Fsp3) is 0.136. The molecule has 6 rings (SSSR count). The summed E-state index contributed by atoms with van der Waals surface area (Å²) in [6.07, 6.45) is -0.277. The van der Waals surface area contributed by atoms with E-state index in [4.69, 9.17) is 9.47 Å². The number of benzene rings is 2. The van der Waals surface area contributed by atoms with Gasteiger partial charge < -0.3 is 14.8 Å². The number of para-hydroxylation sites is 2. The lowest BCUT2D eigenvalue weighted by Crippen LogP contribution is -2.32. The van der Waals surface area contributed by atoms with E-state index in [1.54, 1.807) is 23.1 Å². The monoisotopic (exact) mass is 415 g/mol. The Kier molecular flexibility index (Phi) is 3.85. The van der Waals surface area contributed by atoms with E-state index in [2.05, 4.69) is 49.8 Å². The number of anilines is 1. The molecule has 2 aliphatic heterocycles. The van der Waals surface area contributed by atoms with Gasteiger partial charge in [-0.25, -0.2) is 0 Å². The minimum atomic E-state index is -0.277. The fourth-order valence-electron chi connectivity index (χ4n) is 4.23. The summed E-state index contributed by atoms with van der Waals surface area (Å²) < 4.78 is 14.0. The topological polar surface area (TPSA) is 74.1 Å². The highest BCUT2D eigenvalue weighted by molar-refractivity contribution is 7.08. The molecule has 2 atom stereocenters. The third kappa shape index (κ3) is 2.47. The molecular weight excluding hydrogens is 398 g/mol. The molecule has 0 spiro atoms. The first-order chi connectivity index (χ1) is 14.8. The number of hydrogen-bond donors (Lipinski definition) is 1. The Morgan fingerprint density at radius 2 is 1.97 bits per heavy atom. The highest BCUT2D eigenvalue weighted by Crippen LogP contribution is 2.51. The second-order valence-corrected chi connectivity index (χ2v) is 7.88. The summed E-state index contributed by atoms with van der Waals surface area (Å²) in [6.45, 7) is 0. The number of tetrazole rings is 1. The maximum atomic E-state index is 6.55. The minimum Gasteiger partial charge on any atom is -0.496 e. The molecule has 4 aromatic rings. The van der Waals surface area contributed by atoms with Crippen molar-refractivity contribution in [2.24, 2.45) is 0 Å². The molecule has 2 aromatic heterocycles. The van der Waals surface area contributed by atoms with Crippen molar-refractivity contribution in [2.45, 2.75) is 12.1 Å². The summed E-state index contributed by atoms with van der Waals surface area (Å²) in [6, 6.07) is 17.8. The zero-order chi connectivity index (χ0) is 20.1. The molecule has 0 aliphatic carbocycles. The lowest BCUT2D eigenvalue weighted by Gasteiger charge is -2.38. The molecule has 148 valence electrons. The third-order valence-electron chi connectivity index (χ3n) is 5.52. The van der Waals surface area contributed by atoms with Crippen molar-refractivity contribution >= 4 is 23.0 Å². The van der Waals surface area contributed by atoms with Crippen LogP contribution in [0.15, 0.2) is 70.9 Å². The van der Waals surface area contributed by atoms with Gasteiger partial charge in [-0.15, -0.1) is 0 Å². The van der Waals surface area contributed by atoms with Gasteiger partial charge in [0.25, 0.3) is 0 Å². The molecule has 0 saturated carbocycles. The van der Waals surface area contributed by atoms with Crippen LogP contribution in [0, 0.1) is 0 Å². The Morgan fingerprint density at radius 3 is 2.83 bits per heavy atom. The minimum absolute atomic E-state index is 0.277. The van der Waals surface area contributed by atoms with Gasteiger partial charge in [0.2, 0.25) is 5.95 Å². The number of methoxy groups -OCH3 is 1. The van der Waals surface area contributed by atoms with Crippen LogP contribution in [0.1, 0.15) is 28.8 Å². The zero-order valence-electron chi connectivity index (χ0n) is 16.0. The molecule has 0 bridgehead atoms. The molecular formula is C22H17N5O2S. The van der Waals surface area contributed by atoms with E-state index >= 15 is 0 Å². The number of nitrogens with one attached hydrogen (secondary N) is 1. The molecule has 7 nitrogen and oxygen atoms in total. The second-order valence-electron chi connectivity index (χ2n) is 7.10. The highest BCUT2D eigenvalue weighted by atomic mass is 32.1. The van der Waals surface area contributed by atoms with Gasteiger partial charge in [-0.3, -0.25) is 0 Å². The quantitative estimate of drug-likeness (QED) is 0.538. The smallest absolute Gasteiger partial charge is 0.248 e. The molecule has 4 heterocycles. The predicted octanol–water partition coefficient (Wildman–Crippen LogP) is 4.30. The van der Waals surface area contributed by atoms with Gasteiger partial charge in [-0.1, -0.05) is 35.4 Å². The van der Waals surface area contributed by atoms with E-state index in [1.807, 2.05) is 36.4 Å². The van der Waals surface area contributed by atoms with Crippen LogP contribution >= 0.6 is 11.3 Å². The van der Waals surface area contributed by atoms with Gasteiger partial charge in [0.15, 0.2) is 6.10 Å². The number of aromatic nitrogens is 4. The van der Waals surface area contributed by atoms with Crippen molar-refractivity contribution in [1.82, 2.24) is 20.2 Å². The van der Waals surface area contributed by atoms with Crippen LogP contribution < -0.4 is 14.8 Å². The highest BCUT2D eigenvalue weighted by Gasteiger charge is 2.42. The molecule has 1 N–H and O–H groups in total. The van der Waals surface area contributed by atoms with Crippen molar-refractivity contribution in [3.05, 3.63) is 87.6 Å². The van der Waals surface area contributed by atoms with Crippen LogP contribution in [0.3, 0.4) is 0 Å². The second kappa shape index (κ2) is 6.70. The molecule has 0 amide bonds. The molecule has 0 saturated heterocycles. The van der Waals surface area contributed by atoms with Crippen LogP contribution in [0.4, 0.5) is 5.95 Å². The zero-order valence-corrected chi connectivity index (χ0v) is 16.8. The number of hydrogen-bond acceptors (Lipinski definition) is 7. The van der Waals surface area contributed by atoms with Crippen molar-refractivity contribution < 1.29 is 9.47 Å². The molecule has 0 fully saturated rings. The van der Waals surface area contributed by atoms with E-state index < -0.39 is 0 Å². The molecule has 2 aromatic carbocycles. The molecule has 0 unspecified atom stereocenters. The number of rotatable bonds is 3. The largest absolute Gasteiger partial charge is 0.496 e. The van der Waals surface area contributed by atoms with E-state index in [0.29, 0.717) is 5.95 Å². The molecule has 2 aliphatic rings. The first-order valence-electron chi connectivity index (χ1n) is 9.55.